The maximum atomic E-state index is 13.1. The molecule has 3 aromatic heterocycles. The number of nitrogens with zero attached hydrogens (tertiary/aromatic N) is 4. The monoisotopic (exact) mass is 471 g/mol. The van der Waals surface area contributed by atoms with Crippen molar-refractivity contribution >= 4 is 43.5 Å². The molecular formula is C19H20F3N5O2S2. The fraction of sp³-hybridized carbons (Fsp3) is 0.368. The number of sulfonamides is 1. The molecule has 0 aromatic carbocycles. The summed E-state index contributed by atoms with van der Waals surface area (Å²) in [6.07, 6.45) is -0.329. The number of hydrogen-bond donors (Lipinski definition) is 1. The zero-order chi connectivity index (χ0) is 22.4. The van der Waals surface area contributed by atoms with Gasteiger partial charge >= 0.3 is 6.18 Å². The molecule has 0 unspecified atom stereocenters. The second-order valence-electron chi connectivity index (χ2n) is 7.36. The summed E-state index contributed by atoms with van der Waals surface area (Å²) in [6, 6.07) is 3.45. The van der Waals surface area contributed by atoms with Crippen molar-refractivity contribution in [1.82, 2.24) is 18.7 Å². The Bertz CT molecular complexity index is 1260. The Morgan fingerprint density at radius 1 is 1.26 bits per heavy atom. The van der Waals surface area contributed by atoms with Crippen LogP contribution in [0, 0.1) is 6.92 Å². The SMILES string of the molecule is Cc1csc(Nc2c(CC(F)(F)F)nc3ccc(C4=CCN(S(C)(=O)=O)CC4)cn23)n1. The summed E-state index contributed by atoms with van der Waals surface area (Å²) in [5, 5.41) is 5.28. The molecule has 0 radical (unpaired) electrons. The van der Waals surface area contributed by atoms with Crippen LogP contribution in [-0.2, 0) is 16.4 Å². The first-order chi connectivity index (χ1) is 14.5. The smallest absolute Gasteiger partial charge is 0.316 e. The maximum absolute atomic E-state index is 13.1. The van der Waals surface area contributed by atoms with Gasteiger partial charge in [0, 0.05) is 24.7 Å². The third-order valence-corrected chi connectivity index (χ3v) is 7.06. The van der Waals surface area contributed by atoms with Crippen molar-refractivity contribution in [3.8, 4) is 0 Å². The van der Waals surface area contributed by atoms with Crippen LogP contribution in [0.5, 0.6) is 0 Å². The van der Waals surface area contributed by atoms with Crippen molar-refractivity contribution in [2.45, 2.75) is 25.9 Å². The highest BCUT2D eigenvalue weighted by Gasteiger charge is 2.32. The van der Waals surface area contributed by atoms with Gasteiger partial charge in [0.15, 0.2) is 5.13 Å². The highest BCUT2D eigenvalue weighted by molar-refractivity contribution is 7.88. The Morgan fingerprint density at radius 2 is 2.03 bits per heavy atom. The van der Waals surface area contributed by atoms with E-state index in [2.05, 4.69) is 15.3 Å². The Labute approximate surface area is 181 Å². The zero-order valence-electron chi connectivity index (χ0n) is 16.8. The van der Waals surface area contributed by atoms with E-state index >= 15 is 0 Å². The zero-order valence-corrected chi connectivity index (χ0v) is 18.4. The highest BCUT2D eigenvalue weighted by atomic mass is 32.2. The number of aryl methyl sites for hydroxylation is 1. The van der Waals surface area contributed by atoms with Crippen LogP contribution in [0.25, 0.3) is 11.2 Å². The number of pyridine rings is 1. The molecule has 166 valence electrons. The van der Waals surface area contributed by atoms with Gasteiger partial charge < -0.3 is 5.32 Å². The molecule has 0 atom stereocenters. The lowest BCUT2D eigenvalue weighted by atomic mass is 10.0. The number of rotatable bonds is 5. The van der Waals surface area contributed by atoms with Crippen molar-refractivity contribution in [2.24, 2.45) is 0 Å². The molecule has 4 rings (SSSR count). The highest BCUT2D eigenvalue weighted by Crippen LogP contribution is 2.32. The molecule has 1 aliphatic heterocycles. The molecule has 0 bridgehead atoms. The van der Waals surface area contributed by atoms with E-state index in [1.807, 2.05) is 6.08 Å². The number of alkyl halides is 3. The van der Waals surface area contributed by atoms with E-state index in [1.54, 1.807) is 35.0 Å². The van der Waals surface area contributed by atoms with Crippen molar-refractivity contribution < 1.29 is 21.6 Å². The van der Waals surface area contributed by atoms with Crippen molar-refractivity contribution in [3.63, 3.8) is 0 Å². The number of imidazole rings is 1. The van der Waals surface area contributed by atoms with Gasteiger partial charge in [-0.25, -0.2) is 18.4 Å². The van der Waals surface area contributed by atoms with Gasteiger partial charge in [0.05, 0.1) is 24.1 Å². The third-order valence-electron chi connectivity index (χ3n) is 4.91. The number of halogens is 3. The minimum atomic E-state index is -4.41. The number of thiazole rings is 1. The van der Waals surface area contributed by atoms with Gasteiger partial charge in [-0.15, -0.1) is 11.3 Å². The average molecular weight is 472 g/mol. The van der Waals surface area contributed by atoms with Crippen LogP contribution in [0.15, 0.2) is 29.8 Å². The largest absolute Gasteiger partial charge is 0.394 e. The molecule has 0 aliphatic carbocycles. The minimum absolute atomic E-state index is 0.113. The number of anilines is 2. The van der Waals surface area contributed by atoms with Gasteiger partial charge in [-0.3, -0.25) is 4.40 Å². The van der Waals surface area contributed by atoms with Gasteiger partial charge in [-0.2, -0.15) is 17.5 Å². The van der Waals surface area contributed by atoms with Crippen LogP contribution < -0.4 is 5.32 Å². The number of nitrogens with one attached hydrogen (secondary N) is 1. The van der Waals surface area contributed by atoms with E-state index < -0.39 is 22.6 Å². The summed E-state index contributed by atoms with van der Waals surface area (Å²) in [6.45, 7) is 2.43. The van der Waals surface area contributed by atoms with E-state index in [1.165, 1.54) is 21.9 Å². The molecular weight excluding hydrogens is 451 g/mol. The number of fused-ring (bicyclic) bond motifs is 1. The normalized spacial score (nSPS) is 16.0. The first-order valence-electron chi connectivity index (χ1n) is 9.41. The Morgan fingerprint density at radius 3 is 2.61 bits per heavy atom. The topological polar surface area (TPSA) is 79.6 Å². The van der Waals surface area contributed by atoms with E-state index in [0.717, 1.165) is 16.8 Å². The van der Waals surface area contributed by atoms with Crippen LogP contribution in [-0.4, -0.2) is 52.6 Å². The third kappa shape index (κ3) is 4.91. The first-order valence-corrected chi connectivity index (χ1v) is 12.1. The molecule has 7 nitrogen and oxygen atoms in total. The van der Waals surface area contributed by atoms with Crippen LogP contribution >= 0.6 is 11.3 Å². The standard InChI is InChI=1S/C19H20F3N5O2S2/c1-12-11-30-18(23-12)25-17-15(9-19(20,21)22)24-16-4-3-14(10-27(16)17)13-5-7-26(8-6-13)31(2,28)29/h3-5,10-11H,6-9H2,1-2H3,(H,23,25). The number of hydrogen-bond acceptors (Lipinski definition) is 6. The summed E-state index contributed by atoms with van der Waals surface area (Å²) >= 11 is 1.30. The molecule has 3 aromatic rings. The molecule has 0 saturated heterocycles. The van der Waals surface area contributed by atoms with Gasteiger partial charge in [-0.1, -0.05) is 6.08 Å². The summed E-state index contributed by atoms with van der Waals surface area (Å²) in [5.74, 6) is 0.220. The molecule has 1 N–H and O–H groups in total. The fourth-order valence-electron chi connectivity index (χ4n) is 3.46. The molecule has 0 fully saturated rings. The summed E-state index contributed by atoms with van der Waals surface area (Å²) in [5.41, 5.74) is 2.77. The average Bonchev–Trinajstić information content (AvgIpc) is 3.23. The predicted molar refractivity (Wildman–Crippen MR) is 114 cm³/mol. The molecule has 0 saturated carbocycles. The van der Waals surface area contributed by atoms with E-state index in [9.17, 15) is 21.6 Å². The van der Waals surface area contributed by atoms with Crippen molar-refractivity contribution in [1.29, 1.82) is 0 Å². The Hall–Kier alpha value is -2.44. The Kier molecular flexibility index (Phi) is 5.56. The summed E-state index contributed by atoms with van der Waals surface area (Å²) in [4.78, 5) is 8.47. The molecule has 0 amide bonds. The molecule has 31 heavy (non-hydrogen) atoms. The van der Waals surface area contributed by atoms with Gasteiger partial charge in [0.25, 0.3) is 0 Å². The summed E-state index contributed by atoms with van der Waals surface area (Å²) < 4.78 is 65.8. The lowest BCUT2D eigenvalue weighted by molar-refractivity contribution is -0.127. The Balaban J connectivity index is 1.74. The maximum Gasteiger partial charge on any atom is 0.394 e. The van der Waals surface area contributed by atoms with Crippen LogP contribution in [0.2, 0.25) is 0 Å². The number of aromatic nitrogens is 3. The van der Waals surface area contributed by atoms with Crippen molar-refractivity contribution in [3.05, 3.63) is 46.7 Å². The van der Waals surface area contributed by atoms with E-state index in [-0.39, 0.29) is 18.1 Å². The molecule has 0 spiro atoms. The van der Waals surface area contributed by atoms with Crippen LogP contribution in [0.4, 0.5) is 24.1 Å². The first kappa shape index (κ1) is 21.8. The van der Waals surface area contributed by atoms with E-state index in [4.69, 9.17) is 0 Å². The van der Waals surface area contributed by atoms with Crippen LogP contribution in [0.1, 0.15) is 23.4 Å². The lowest BCUT2D eigenvalue weighted by Gasteiger charge is -2.24. The lowest BCUT2D eigenvalue weighted by Crippen LogP contribution is -2.33. The van der Waals surface area contributed by atoms with Gasteiger partial charge in [-0.05, 0) is 36.6 Å². The van der Waals surface area contributed by atoms with Gasteiger partial charge in [0.2, 0.25) is 10.0 Å². The summed E-state index contributed by atoms with van der Waals surface area (Å²) in [7, 11) is -3.27. The van der Waals surface area contributed by atoms with E-state index in [0.29, 0.717) is 23.7 Å². The molecule has 12 heteroatoms. The van der Waals surface area contributed by atoms with Crippen LogP contribution in [0.3, 0.4) is 0 Å². The minimum Gasteiger partial charge on any atom is -0.316 e. The second kappa shape index (κ2) is 7.92. The van der Waals surface area contributed by atoms with Gasteiger partial charge in [0.1, 0.15) is 11.5 Å². The fourth-order valence-corrected chi connectivity index (χ4v) is 4.91. The quantitative estimate of drug-likeness (QED) is 0.609. The second-order valence-corrected chi connectivity index (χ2v) is 10.2. The molecule has 1 aliphatic rings. The molecule has 4 heterocycles. The predicted octanol–water partition coefficient (Wildman–Crippen LogP) is 4.00. The van der Waals surface area contributed by atoms with Crippen molar-refractivity contribution in [2.75, 3.05) is 24.7 Å².